The van der Waals surface area contributed by atoms with Crippen molar-refractivity contribution in [2.24, 2.45) is 5.73 Å². The second kappa shape index (κ2) is 26.9. The van der Waals surface area contributed by atoms with E-state index in [1.54, 1.807) is 59.7 Å². The van der Waals surface area contributed by atoms with Gasteiger partial charge in [-0.1, -0.05) is 121 Å². The second-order valence-electron chi connectivity index (χ2n) is 18.6. The molecule has 0 heterocycles. The molecule has 16 heteroatoms. The molecule has 69 heavy (non-hydrogen) atoms. The summed E-state index contributed by atoms with van der Waals surface area (Å²) in [6.45, 7) is 10.8. The van der Waals surface area contributed by atoms with Gasteiger partial charge in [-0.3, -0.25) is 14.4 Å². The van der Waals surface area contributed by atoms with E-state index in [2.05, 4.69) is 21.3 Å². The number of unbranched alkanes of at least 4 members (excludes halogenated alkanes) is 2. The molecule has 0 radical (unpaired) electrons. The van der Waals surface area contributed by atoms with Gasteiger partial charge in [0.2, 0.25) is 11.8 Å². The maximum atomic E-state index is 14.7. The third-order valence-electron chi connectivity index (χ3n) is 10.5. The van der Waals surface area contributed by atoms with Crippen molar-refractivity contribution in [1.29, 1.82) is 0 Å². The number of nitrogens with one attached hydrogen (secondary N) is 4. The van der Waals surface area contributed by atoms with Crippen LogP contribution in [0.4, 0.5) is 9.59 Å². The first-order chi connectivity index (χ1) is 32.8. The molecule has 0 aliphatic heterocycles. The number of carbonyl (C=O) groups is 6. The summed E-state index contributed by atoms with van der Waals surface area (Å²) in [7, 11) is 0. The standard InChI is InChI=1S/C53H68ClN5O10/c1-51(2,3)67-47(62)42(55)32-33-45(60)56-34-20-18-30-43(58-50(65)69-52(4,5)6)46(61)57-35-21-19-31-44(59-49(64)66-36-37-22-10-7-11-23-37)48(63)68-53(38-24-12-8-13-25-38,39-26-14-9-15-27-39)40-28-16-17-29-41(40)54/h7-17,22-29,42-44H,18-21,30-36,55H2,1-6H3,(H,56,60)(H,57,61)(H,58,65)(H,59,64)/t42-,43-,44-/m0/s1. The summed E-state index contributed by atoms with van der Waals surface area (Å²) in [6.07, 6.45) is 0.603. The molecule has 0 bridgehead atoms. The number of alkyl carbamates (subject to hydrolysis) is 2. The van der Waals surface area contributed by atoms with E-state index in [0.29, 0.717) is 53.9 Å². The Morgan fingerprint density at radius 2 is 1.07 bits per heavy atom. The number of amides is 4. The molecule has 4 rings (SSSR count). The van der Waals surface area contributed by atoms with E-state index < -0.39 is 65.0 Å². The minimum absolute atomic E-state index is 0.0300. The van der Waals surface area contributed by atoms with Crippen molar-refractivity contribution < 1.29 is 47.7 Å². The molecule has 0 unspecified atom stereocenters. The molecule has 3 atom stereocenters. The van der Waals surface area contributed by atoms with Crippen LogP contribution in [-0.2, 0) is 50.3 Å². The van der Waals surface area contributed by atoms with Crippen molar-refractivity contribution >= 4 is 47.5 Å². The zero-order valence-corrected chi connectivity index (χ0v) is 41.3. The van der Waals surface area contributed by atoms with Gasteiger partial charge >= 0.3 is 24.1 Å². The monoisotopic (exact) mass is 969 g/mol. The van der Waals surface area contributed by atoms with E-state index in [0.717, 1.165) is 5.56 Å². The van der Waals surface area contributed by atoms with Gasteiger partial charge < -0.3 is 45.9 Å². The summed E-state index contributed by atoms with van der Waals surface area (Å²) in [5.74, 6) is -2.05. The van der Waals surface area contributed by atoms with Gasteiger partial charge in [-0.25, -0.2) is 14.4 Å². The van der Waals surface area contributed by atoms with Crippen LogP contribution >= 0.6 is 11.6 Å². The van der Waals surface area contributed by atoms with Gasteiger partial charge in [-0.2, -0.15) is 0 Å². The van der Waals surface area contributed by atoms with Crippen LogP contribution in [0.15, 0.2) is 115 Å². The Hall–Kier alpha value is -6.45. The number of halogens is 1. The number of rotatable bonds is 24. The lowest BCUT2D eigenvalue weighted by atomic mass is 9.80. The highest BCUT2D eigenvalue weighted by Crippen LogP contribution is 2.43. The Labute approximate surface area is 410 Å². The fraction of sp³-hybridized carbons (Fsp3) is 0.434. The third-order valence-corrected chi connectivity index (χ3v) is 10.8. The molecule has 4 aromatic rings. The first-order valence-corrected chi connectivity index (χ1v) is 23.7. The summed E-state index contributed by atoms with van der Waals surface area (Å²) in [4.78, 5) is 79.1. The Kier molecular flexibility index (Phi) is 21.5. The summed E-state index contributed by atoms with van der Waals surface area (Å²) in [6, 6.07) is 31.6. The highest BCUT2D eigenvalue weighted by molar-refractivity contribution is 6.31. The lowest BCUT2D eigenvalue weighted by Gasteiger charge is -2.37. The number of esters is 2. The van der Waals surface area contributed by atoms with E-state index in [1.165, 1.54) is 0 Å². The Morgan fingerprint density at radius 1 is 0.565 bits per heavy atom. The molecule has 0 saturated heterocycles. The first kappa shape index (κ1) is 55.1. The van der Waals surface area contributed by atoms with Gasteiger partial charge in [0, 0.05) is 41.2 Å². The van der Waals surface area contributed by atoms with Crippen molar-refractivity contribution in [2.45, 2.75) is 134 Å². The van der Waals surface area contributed by atoms with Gasteiger partial charge in [0.15, 0.2) is 5.60 Å². The van der Waals surface area contributed by atoms with Crippen LogP contribution in [0.25, 0.3) is 0 Å². The maximum absolute atomic E-state index is 14.7. The van der Waals surface area contributed by atoms with Crippen molar-refractivity contribution in [2.75, 3.05) is 13.1 Å². The van der Waals surface area contributed by atoms with E-state index in [1.807, 2.05) is 97.1 Å². The lowest BCUT2D eigenvalue weighted by Crippen LogP contribution is -2.48. The van der Waals surface area contributed by atoms with Crippen LogP contribution in [0, 0.1) is 0 Å². The molecule has 0 fully saturated rings. The van der Waals surface area contributed by atoms with Gasteiger partial charge in [0.05, 0.1) is 0 Å². The smallest absolute Gasteiger partial charge is 0.408 e. The van der Waals surface area contributed by atoms with E-state index in [9.17, 15) is 28.8 Å². The van der Waals surface area contributed by atoms with Crippen LogP contribution in [0.5, 0.6) is 0 Å². The normalized spacial score (nSPS) is 12.9. The minimum Gasteiger partial charge on any atom is -0.459 e. The Morgan fingerprint density at radius 3 is 1.64 bits per heavy atom. The van der Waals surface area contributed by atoms with Gasteiger partial charge in [0.25, 0.3) is 0 Å². The van der Waals surface area contributed by atoms with Crippen molar-refractivity contribution in [3.63, 3.8) is 0 Å². The molecule has 4 aromatic carbocycles. The molecule has 0 aromatic heterocycles. The molecule has 0 spiro atoms. The van der Waals surface area contributed by atoms with Gasteiger partial charge in [-0.05, 0) is 98.1 Å². The quantitative estimate of drug-likeness (QED) is 0.0195. The van der Waals surface area contributed by atoms with Crippen LogP contribution in [0.1, 0.15) is 115 Å². The maximum Gasteiger partial charge on any atom is 0.408 e. The lowest BCUT2D eigenvalue weighted by molar-refractivity contribution is -0.157. The average Bonchev–Trinajstić information content (AvgIpc) is 3.30. The van der Waals surface area contributed by atoms with Crippen LogP contribution in [0.2, 0.25) is 5.02 Å². The highest BCUT2D eigenvalue weighted by atomic mass is 35.5. The SMILES string of the molecule is CC(C)(C)OC(=O)N[C@@H](CCCCNC(=O)CC[C@H](N)C(=O)OC(C)(C)C)C(=O)NCCCC[C@H](NC(=O)OCc1ccccc1)C(=O)OC(c1ccccc1)(c1ccccc1)c1ccccc1Cl. The molecular weight excluding hydrogens is 902 g/mol. The van der Waals surface area contributed by atoms with E-state index in [4.69, 9.17) is 36.3 Å². The predicted octanol–water partition coefficient (Wildman–Crippen LogP) is 8.39. The zero-order chi connectivity index (χ0) is 50.5. The summed E-state index contributed by atoms with van der Waals surface area (Å²) in [5, 5.41) is 11.4. The third kappa shape index (κ3) is 18.9. The highest BCUT2D eigenvalue weighted by Gasteiger charge is 2.43. The molecule has 6 N–H and O–H groups in total. The predicted molar refractivity (Wildman–Crippen MR) is 264 cm³/mol. The number of hydrogen-bond donors (Lipinski definition) is 5. The van der Waals surface area contributed by atoms with Crippen molar-refractivity contribution in [3.05, 3.63) is 143 Å². The fourth-order valence-electron chi connectivity index (χ4n) is 7.22. The largest absolute Gasteiger partial charge is 0.459 e. The summed E-state index contributed by atoms with van der Waals surface area (Å²) in [5.41, 5.74) is 5.41. The Bertz CT molecular complexity index is 2230. The average molecular weight is 971 g/mol. The minimum atomic E-state index is -1.53. The van der Waals surface area contributed by atoms with Crippen LogP contribution in [-0.4, -0.2) is 78.4 Å². The van der Waals surface area contributed by atoms with Crippen LogP contribution in [0.3, 0.4) is 0 Å². The molecule has 0 saturated carbocycles. The molecular formula is C53H68ClN5O10. The molecule has 0 aliphatic rings. The zero-order valence-electron chi connectivity index (χ0n) is 40.5. The summed E-state index contributed by atoms with van der Waals surface area (Å²) >= 11 is 6.90. The molecule has 0 aliphatic carbocycles. The number of benzene rings is 4. The summed E-state index contributed by atoms with van der Waals surface area (Å²) < 4.78 is 22.9. The van der Waals surface area contributed by atoms with E-state index in [-0.39, 0.29) is 44.7 Å². The number of carbonyl (C=O) groups excluding carboxylic acids is 6. The second-order valence-corrected chi connectivity index (χ2v) is 19.0. The number of ether oxygens (including phenoxy) is 4. The number of nitrogens with two attached hydrogens (primary N) is 1. The molecule has 4 amide bonds. The number of hydrogen-bond acceptors (Lipinski definition) is 11. The van der Waals surface area contributed by atoms with E-state index >= 15 is 0 Å². The van der Waals surface area contributed by atoms with Crippen molar-refractivity contribution in [1.82, 2.24) is 21.3 Å². The molecule has 15 nitrogen and oxygen atoms in total. The molecule has 372 valence electrons. The van der Waals surface area contributed by atoms with Gasteiger partial charge in [0.1, 0.15) is 35.9 Å². The van der Waals surface area contributed by atoms with Crippen molar-refractivity contribution in [3.8, 4) is 0 Å². The first-order valence-electron chi connectivity index (χ1n) is 23.4. The van der Waals surface area contributed by atoms with Gasteiger partial charge in [-0.15, -0.1) is 0 Å². The Balaban J connectivity index is 1.43. The van der Waals surface area contributed by atoms with Crippen LogP contribution < -0.4 is 27.0 Å². The fourth-order valence-corrected chi connectivity index (χ4v) is 7.49. The topological polar surface area (TPSA) is 213 Å².